The van der Waals surface area contributed by atoms with Crippen LogP contribution in [-0.4, -0.2) is 23.2 Å². The van der Waals surface area contributed by atoms with E-state index in [1.807, 2.05) is 49.1 Å². The summed E-state index contributed by atoms with van der Waals surface area (Å²) in [6.07, 6.45) is 0. The van der Waals surface area contributed by atoms with Crippen molar-refractivity contribution in [1.82, 2.24) is 4.90 Å². The Morgan fingerprint density at radius 3 is 2.33 bits per heavy atom. The number of rotatable bonds is 4. The van der Waals surface area contributed by atoms with Gasteiger partial charge in [-0.2, -0.15) is 0 Å². The topological polar surface area (TPSA) is 20.3 Å². The molecule has 0 radical (unpaired) electrons. The molecule has 0 atom stereocenters. The van der Waals surface area contributed by atoms with E-state index in [9.17, 15) is 4.79 Å². The van der Waals surface area contributed by atoms with Crippen molar-refractivity contribution in [3.8, 4) is 0 Å². The van der Waals surface area contributed by atoms with Crippen LogP contribution in [0.5, 0.6) is 0 Å². The summed E-state index contributed by atoms with van der Waals surface area (Å²) in [5.74, 6) is 0.760. The number of carbonyl (C=O) groups excluding carboxylic acids is 1. The van der Waals surface area contributed by atoms with Gasteiger partial charge in [-0.05, 0) is 19.4 Å². The molecular weight excluding hydrogens is 206 g/mol. The van der Waals surface area contributed by atoms with Crippen LogP contribution < -0.4 is 0 Å². The molecule has 0 N–H and O–H groups in total. The van der Waals surface area contributed by atoms with Crippen molar-refractivity contribution in [2.24, 2.45) is 0 Å². The third kappa shape index (κ3) is 3.96. The van der Waals surface area contributed by atoms with Crippen molar-refractivity contribution in [3.05, 3.63) is 35.9 Å². The maximum atomic E-state index is 11.7. The Labute approximate surface area is 95.7 Å². The van der Waals surface area contributed by atoms with Crippen LogP contribution in [0.4, 0.5) is 4.79 Å². The van der Waals surface area contributed by atoms with Crippen molar-refractivity contribution in [2.45, 2.75) is 19.6 Å². The first-order chi connectivity index (χ1) is 7.27. The second-order valence-electron chi connectivity index (χ2n) is 3.21. The highest BCUT2D eigenvalue weighted by atomic mass is 32.2. The van der Waals surface area contributed by atoms with Crippen molar-refractivity contribution < 1.29 is 4.79 Å². The summed E-state index contributed by atoms with van der Waals surface area (Å²) in [5, 5.41) is 0.170. The van der Waals surface area contributed by atoms with Crippen LogP contribution in [0.25, 0.3) is 0 Å². The van der Waals surface area contributed by atoms with Crippen molar-refractivity contribution in [2.75, 3.05) is 13.1 Å². The Kier molecular flexibility index (Phi) is 5.26. The standard InChI is InChI=1S/C12H17NOS/c1-3-13(4-2)12(14)15-10-11-8-6-5-7-9-11/h5-9H,3-4,10H2,1-2H3. The minimum absolute atomic E-state index is 0.170. The lowest BCUT2D eigenvalue weighted by molar-refractivity contribution is 0.228. The predicted molar refractivity (Wildman–Crippen MR) is 66.1 cm³/mol. The Bertz CT molecular complexity index is 296. The summed E-state index contributed by atoms with van der Waals surface area (Å²) in [6.45, 7) is 5.59. The zero-order chi connectivity index (χ0) is 11.1. The van der Waals surface area contributed by atoms with Gasteiger partial charge >= 0.3 is 0 Å². The Morgan fingerprint density at radius 2 is 1.80 bits per heavy atom. The molecule has 0 saturated heterocycles. The molecule has 0 saturated carbocycles. The minimum atomic E-state index is 0.170. The number of nitrogens with zero attached hydrogens (tertiary/aromatic N) is 1. The van der Waals surface area contributed by atoms with E-state index in [1.165, 1.54) is 17.3 Å². The SMILES string of the molecule is CCN(CC)C(=O)SCc1ccccc1. The van der Waals surface area contributed by atoms with Gasteiger partial charge in [0.05, 0.1) is 0 Å². The fraction of sp³-hybridized carbons (Fsp3) is 0.417. The molecule has 0 fully saturated rings. The monoisotopic (exact) mass is 223 g/mol. The van der Waals surface area contributed by atoms with Gasteiger partial charge in [0.25, 0.3) is 5.24 Å². The van der Waals surface area contributed by atoms with Crippen LogP contribution in [0.2, 0.25) is 0 Å². The lowest BCUT2D eigenvalue weighted by Crippen LogP contribution is -2.26. The van der Waals surface area contributed by atoms with Gasteiger partial charge < -0.3 is 4.90 Å². The molecule has 0 bridgehead atoms. The van der Waals surface area contributed by atoms with Crippen LogP contribution in [0.3, 0.4) is 0 Å². The Hall–Kier alpha value is -0.960. The van der Waals surface area contributed by atoms with E-state index in [1.54, 1.807) is 0 Å². The smallest absolute Gasteiger partial charge is 0.281 e. The van der Waals surface area contributed by atoms with Crippen molar-refractivity contribution in [1.29, 1.82) is 0 Å². The summed E-state index contributed by atoms with van der Waals surface area (Å²) in [6, 6.07) is 10.1. The molecule has 0 aliphatic heterocycles. The molecule has 0 aliphatic rings. The lowest BCUT2D eigenvalue weighted by Gasteiger charge is -2.17. The molecule has 1 aromatic rings. The molecule has 0 heterocycles. The highest BCUT2D eigenvalue weighted by Gasteiger charge is 2.09. The highest BCUT2D eigenvalue weighted by molar-refractivity contribution is 8.12. The molecule has 1 rings (SSSR count). The van der Waals surface area contributed by atoms with E-state index in [4.69, 9.17) is 0 Å². The van der Waals surface area contributed by atoms with Crippen LogP contribution in [-0.2, 0) is 5.75 Å². The number of thioether (sulfide) groups is 1. The Morgan fingerprint density at radius 1 is 1.20 bits per heavy atom. The number of amides is 1. The number of benzene rings is 1. The molecule has 15 heavy (non-hydrogen) atoms. The van der Waals surface area contributed by atoms with E-state index >= 15 is 0 Å². The predicted octanol–water partition coefficient (Wildman–Crippen LogP) is 3.38. The largest absolute Gasteiger partial charge is 0.334 e. The highest BCUT2D eigenvalue weighted by Crippen LogP contribution is 2.15. The molecule has 3 heteroatoms. The summed E-state index contributed by atoms with van der Waals surface area (Å²) in [7, 11) is 0. The maximum absolute atomic E-state index is 11.7. The zero-order valence-electron chi connectivity index (χ0n) is 9.27. The fourth-order valence-corrected chi connectivity index (χ4v) is 2.22. The number of carbonyl (C=O) groups is 1. The molecule has 0 aromatic heterocycles. The van der Waals surface area contributed by atoms with E-state index in [0.717, 1.165) is 18.8 Å². The first-order valence-electron chi connectivity index (χ1n) is 5.23. The lowest BCUT2D eigenvalue weighted by atomic mass is 10.2. The van der Waals surface area contributed by atoms with Gasteiger partial charge in [-0.25, -0.2) is 0 Å². The van der Waals surface area contributed by atoms with Crippen LogP contribution in [0.1, 0.15) is 19.4 Å². The minimum Gasteiger partial charge on any atom is -0.334 e. The van der Waals surface area contributed by atoms with Crippen molar-refractivity contribution in [3.63, 3.8) is 0 Å². The van der Waals surface area contributed by atoms with Crippen LogP contribution in [0.15, 0.2) is 30.3 Å². The van der Waals surface area contributed by atoms with Crippen molar-refractivity contribution >= 4 is 17.0 Å². The summed E-state index contributed by atoms with van der Waals surface area (Å²) < 4.78 is 0. The summed E-state index contributed by atoms with van der Waals surface area (Å²) >= 11 is 1.37. The first kappa shape index (κ1) is 12.1. The molecule has 0 unspecified atom stereocenters. The average molecular weight is 223 g/mol. The normalized spacial score (nSPS) is 10.0. The van der Waals surface area contributed by atoms with Gasteiger partial charge in [-0.3, -0.25) is 4.79 Å². The maximum Gasteiger partial charge on any atom is 0.281 e. The molecule has 0 aliphatic carbocycles. The van der Waals surface area contributed by atoms with E-state index < -0.39 is 0 Å². The second kappa shape index (κ2) is 6.51. The van der Waals surface area contributed by atoms with Gasteiger partial charge in [-0.1, -0.05) is 42.1 Å². The number of hydrogen-bond acceptors (Lipinski definition) is 2. The third-order valence-electron chi connectivity index (χ3n) is 2.23. The quantitative estimate of drug-likeness (QED) is 0.780. The number of hydrogen-bond donors (Lipinski definition) is 0. The summed E-state index contributed by atoms with van der Waals surface area (Å²) in [4.78, 5) is 13.5. The molecule has 0 spiro atoms. The molecular formula is C12H17NOS. The van der Waals surface area contributed by atoms with Gasteiger partial charge in [0.15, 0.2) is 0 Å². The summed E-state index contributed by atoms with van der Waals surface area (Å²) in [5.41, 5.74) is 1.20. The van der Waals surface area contributed by atoms with Gasteiger partial charge in [0.1, 0.15) is 0 Å². The van der Waals surface area contributed by atoms with Gasteiger partial charge in [-0.15, -0.1) is 0 Å². The van der Waals surface area contributed by atoms with Gasteiger partial charge in [0.2, 0.25) is 0 Å². The first-order valence-corrected chi connectivity index (χ1v) is 6.22. The zero-order valence-corrected chi connectivity index (χ0v) is 10.1. The van der Waals surface area contributed by atoms with E-state index in [-0.39, 0.29) is 5.24 Å². The second-order valence-corrected chi connectivity index (χ2v) is 4.14. The average Bonchev–Trinajstić information content (AvgIpc) is 2.29. The molecule has 1 amide bonds. The molecule has 1 aromatic carbocycles. The van der Waals surface area contributed by atoms with Crippen LogP contribution in [0, 0.1) is 0 Å². The molecule has 82 valence electrons. The Balaban J connectivity index is 2.40. The van der Waals surface area contributed by atoms with Gasteiger partial charge in [0, 0.05) is 18.8 Å². The molecule has 2 nitrogen and oxygen atoms in total. The van der Waals surface area contributed by atoms with Crippen LogP contribution >= 0.6 is 11.8 Å². The van der Waals surface area contributed by atoms with E-state index in [0.29, 0.717) is 0 Å². The fourth-order valence-electron chi connectivity index (χ4n) is 1.29. The third-order valence-corrected chi connectivity index (χ3v) is 3.21. The van der Waals surface area contributed by atoms with E-state index in [2.05, 4.69) is 0 Å².